The van der Waals surface area contributed by atoms with Crippen molar-refractivity contribution in [2.45, 2.75) is 38.7 Å². The van der Waals surface area contributed by atoms with Crippen LogP contribution in [0.15, 0.2) is 48.5 Å². The number of ether oxygens (including phenoxy) is 1. The Kier molecular flexibility index (Phi) is 5.89. The molecule has 0 spiro atoms. The van der Waals surface area contributed by atoms with Crippen molar-refractivity contribution in [3.05, 3.63) is 59.7 Å². The molecule has 136 valence electrons. The van der Waals surface area contributed by atoms with E-state index >= 15 is 0 Å². The Labute approximate surface area is 153 Å². The second-order valence-electron chi connectivity index (χ2n) is 6.40. The topological polar surface area (TPSA) is 67.4 Å². The third-order valence-electron chi connectivity index (χ3n) is 4.51. The van der Waals surface area contributed by atoms with E-state index in [-0.39, 0.29) is 11.8 Å². The summed E-state index contributed by atoms with van der Waals surface area (Å²) in [5.74, 6) is 0.481. The van der Waals surface area contributed by atoms with Gasteiger partial charge in [-0.2, -0.15) is 0 Å². The number of carbonyl (C=O) groups is 2. The van der Waals surface area contributed by atoms with Crippen molar-refractivity contribution in [3.8, 4) is 5.75 Å². The Balaban J connectivity index is 1.40. The average Bonchev–Trinajstić information content (AvgIpc) is 2.67. The number of amides is 2. The minimum atomic E-state index is -0.577. The average molecular weight is 352 g/mol. The molecule has 2 aromatic carbocycles. The molecule has 1 unspecified atom stereocenters. The summed E-state index contributed by atoms with van der Waals surface area (Å²) in [7, 11) is 0. The highest BCUT2D eigenvalue weighted by Gasteiger charge is 2.26. The summed E-state index contributed by atoms with van der Waals surface area (Å²) in [4.78, 5) is 24.1. The van der Waals surface area contributed by atoms with Crippen LogP contribution in [0.4, 0.5) is 5.69 Å². The van der Waals surface area contributed by atoms with Gasteiger partial charge in [0, 0.05) is 19.4 Å². The number of aryl methyl sites for hydroxylation is 2. The van der Waals surface area contributed by atoms with E-state index in [2.05, 4.69) is 41.8 Å². The quantitative estimate of drug-likeness (QED) is 0.805. The number of nitrogens with one attached hydrogen (secondary N) is 2. The smallest absolute Gasteiger partial charge is 0.265 e. The maximum atomic E-state index is 12.0. The van der Waals surface area contributed by atoms with Crippen LogP contribution < -0.4 is 15.4 Å². The Morgan fingerprint density at radius 1 is 1.12 bits per heavy atom. The van der Waals surface area contributed by atoms with E-state index in [1.165, 1.54) is 5.56 Å². The van der Waals surface area contributed by atoms with Gasteiger partial charge in [-0.15, -0.1) is 0 Å². The predicted molar refractivity (Wildman–Crippen MR) is 101 cm³/mol. The highest BCUT2D eigenvalue weighted by atomic mass is 16.5. The zero-order valence-electron chi connectivity index (χ0n) is 15.0. The number of hydrogen-bond donors (Lipinski definition) is 2. The van der Waals surface area contributed by atoms with Gasteiger partial charge >= 0.3 is 0 Å². The van der Waals surface area contributed by atoms with Gasteiger partial charge in [-0.05, 0) is 36.1 Å². The van der Waals surface area contributed by atoms with Gasteiger partial charge in [-0.25, -0.2) is 0 Å². The Morgan fingerprint density at radius 2 is 1.85 bits per heavy atom. The summed E-state index contributed by atoms with van der Waals surface area (Å²) in [6, 6.07) is 15.7. The van der Waals surface area contributed by atoms with Crippen LogP contribution >= 0.6 is 0 Å². The number of carbonyl (C=O) groups excluding carboxylic acids is 2. The van der Waals surface area contributed by atoms with E-state index in [4.69, 9.17) is 4.74 Å². The van der Waals surface area contributed by atoms with Crippen LogP contribution in [0.3, 0.4) is 0 Å². The molecule has 1 aliphatic heterocycles. The van der Waals surface area contributed by atoms with Crippen LogP contribution in [-0.4, -0.2) is 24.5 Å². The second kappa shape index (κ2) is 8.52. The lowest BCUT2D eigenvalue weighted by Crippen LogP contribution is -2.39. The van der Waals surface area contributed by atoms with Gasteiger partial charge in [0.25, 0.3) is 5.91 Å². The zero-order chi connectivity index (χ0) is 18.4. The number of benzene rings is 2. The molecule has 2 amide bonds. The standard InChI is InChI=1S/C21H24N2O3/c1-2-15-7-9-16(10-8-15)11-12-20(24)22-14-13-19-21(25)23-17-5-3-4-6-18(17)26-19/h3-10,19H,2,11-14H2,1H3,(H,22,24)(H,23,25). The number of rotatable bonds is 7. The van der Waals surface area contributed by atoms with Gasteiger partial charge in [0.2, 0.25) is 5.91 Å². The fourth-order valence-corrected chi connectivity index (χ4v) is 2.91. The first kappa shape index (κ1) is 18.0. The molecule has 1 atom stereocenters. The molecule has 3 rings (SSSR count). The molecule has 2 aromatic rings. The first-order valence-corrected chi connectivity index (χ1v) is 9.07. The van der Waals surface area contributed by atoms with Gasteiger partial charge < -0.3 is 15.4 Å². The lowest BCUT2D eigenvalue weighted by Gasteiger charge is -2.25. The highest BCUT2D eigenvalue weighted by molar-refractivity contribution is 5.97. The zero-order valence-corrected chi connectivity index (χ0v) is 15.0. The maximum Gasteiger partial charge on any atom is 0.265 e. The fraction of sp³-hybridized carbons (Fsp3) is 0.333. The molecule has 0 radical (unpaired) electrons. The second-order valence-corrected chi connectivity index (χ2v) is 6.40. The Morgan fingerprint density at radius 3 is 2.62 bits per heavy atom. The lowest BCUT2D eigenvalue weighted by atomic mass is 10.1. The lowest BCUT2D eigenvalue weighted by molar-refractivity contribution is -0.125. The molecule has 5 nitrogen and oxygen atoms in total. The summed E-state index contributed by atoms with van der Waals surface area (Å²) in [6.45, 7) is 2.53. The molecule has 0 fully saturated rings. The van der Waals surface area contributed by atoms with Crippen molar-refractivity contribution >= 4 is 17.5 Å². The van der Waals surface area contributed by atoms with Gasteiger partial charge in [0.1, 0.15) is 5.75 Å². The third-order valence-corrected chi connectivity index (χ3v) is 4.51. The molecule has 0 saturated heterocycles. The van der Waals surface area contributed by atoms with Crippen LogP contribution in [0.2, 0.25) is 0 Å². The summed E-state index contributed by atoms with van der Waals surface area (Å²) in [5, 5.41) is 5.70. The largest absolute Gasteiger partial charge is 0.478 e. The van der Waals surface area contributed by atoms with E-state index in [9.17, 15) is 9.59 Å². The molecule has 0 bridgehead atoms. The molecule has 0 saturated carbocycles. The number of para-hydroxylation sites is 2. The van der Waals surface area contributed by atoms with Crippen LogP contribution in [-0.2, 0) is 22.4 Å². The van der Waals surface area contributed by atoms with Crippen molar-refractivity contribution in [2.75, 3.05) is 11.9 Å². The van der Waals surface area contributed by atoms with Crippen molar-refractivity contribution in [1.29, 1.82) is 0 Å². The monoisotopic (exact) mass is 352 g/mol. The van der Waals surface area contributed by atoms with Crippen molar-refractivity contribution in [1.82, 2.24) is 5.32 Å². The molecule has 0 aromatic heterocycles. The maximum absolute atomic E-state index is 12.0. The highest BCUT2D eigenvalue weighted by Crippen LogP contribution is 2.29. The van der Waals surface area contributed by atoms with Gasteiger partial charge in [0.15, 0.2) is 6.10 Å². The van der Waals surface area contributed by atoms with Crippen molar-refractivity contribution in [3.63, 3.8) is 0 Å². The first-order chi connectivity index (χ1) is 12.7. The van der Waals surface area contributed by atoms with Gasteiger partial charge in [-0.1, -0.05) is 43.3 Å². The van der Waals surface area contributed by atoms with Gasteiger partial charge in [0.05, 0.1) is 5.69 Å². The molecular formula is C21H24N2O3. The van der Waals surface area contributed by atoms with Crippen LogP contribution in [0, 0.1) is 0 Å². The third kappa shape index (κ3) is 4.63. The SMILES string of the molecule is CCc1ccc(CCC(=O)NCCC2Oc3ccccc3NC2=O)cc1. The molecule has 2 N–H and O–H groups in total. The Hall–Kier alpha value is -2.82. The van der Waals surface area contributed by atoms with Crippen molar-refractivity contribution in [2.24, 2.45) is 0 Å². The fourth-order valence-electron chi connectivity index (χ4n) is 2.91. The number of fused-ring (bicyclic) bond motifs is 1. The van der Waals surface area contributed by atoms with Crippen LogP contribution in [0.25, 0.3) is 0 Å². The van der Waals surface area contributed by atoms with Gasteiger partial charge in [-0.3, -0.25) is 9.59 Å². The predicted octanol–water partition coefficient (Wildman–Crippen LogP) is 3.09. The first-order valence-electron chi connectivity index (χ1n) is 9.07. The molecule has 1 aliphatic rings. The minimum absolute atomic E-state index is 0.0128. The van der Waals surface area contributed by atoms with Crippen LogP contribution in [0.5, 0.6) is 5.75 Å². The summed E-state index contributed by atoms with van der Waals surface area (Å²) in [6.07, 6.45) is 2.03. The molecule has 5 heteroatoms. The summed E-state index contributed by atoms with van der Waals surface area (Å²) >= 11 is 0. The van der Waals surface area contributed by atoms with Crippen LogP contribution in [0.1, 0.15) is 30.9 Å². The molecule has 0 aliphatic carbocycles. The number of hydrogen-bond acceptors (Lipinski definition) is 3. The van der Waals surface area contributed by atoms with Crippen molar-refractivity contribution < 1.29 is 14.3 Å². The van der Waals surface area contributed by atoms with E-state index in [0.29, 0.717) is 37.2 Å². The summed E-state index contributed by atoms with van der Waals surface area (Å²) < 4.78 is 5.71. The van der Waals surface area contributed by atoms with E-state index in [0.717, 1.165) is 12.0 Å². The number of anilines is 1. The molecule has 26 heavy (non-hydrogen) atoms. The van der Waals surface area contributed by atoms with E-state index < -0.39 is 6.10 Å². The van der Waals surface area contributed by atoms with E-state index in [1.807, 2.05) is 18.2 Å². The van der Waals surface area contributed by atoms with E-state index in [1.54, 1.807) is 6.07 Å². The molecule has 1 heterocycles. The normalized spacial score (nSPS) is 15.6. The summed E-state index contributed by atoms with van der Waals surface area (Å²) in [5.41, 5.74) is 3.14. The Bertz CT molecular complexity index is 771. The molecular weight excluding hydrogens is 328 g/mol. The minimum Gasteiger partial charge on any atom is -0.478 e.